The van der Waals surface area contributed by atoms with Gasteiger partial charge in [-0.2, -0.15) is 0 Å². The van der Waals surface area contributed by atoms with Gasteiger partial charge in [-0.25, -0.2) is 4.79 Å². The molecular weight excluding hydrogens is 352 g/mol. The zero-order valence-electron chi connectivity index (χ0n) is 15.3. The first-order chi connectivity index (χ1) is 12.9. The third-order valence-corrected chi connectivity index (χ3v) is 3.86. The smallest absolute Gasteiger partial charge is 0.323 e. The minimum Gasteiger partial charge on any atom is -0.493 e. The van der Waals surface area contributed by atoms with Crippen molar-refractivity contribution in [3.8, 4) is 17.2 Å². The first-order valence-electron chi connectivity index (χ1n) is 8.14. The fraction of sp³-hybridized carbons (Fsp3) is 0.263. The highest BCUT2D eigenvalue weighted by Crippen LogP contribution is 2.35. The van der Waals surface area contributed by atoms with Crippen molar-refractivity contribution in [3.63, 3.8) is 0 Å². The maximum Gasteiger partial charge on any atom is 0.323 e. The van der Waals surface area contributed by atoms with Gasteiger partial charge in [0.25, 0.3) is 0 Å². The number of nitrogens with two attached hydrogens (primary N) is 1. The molecule has 2 rings (SSSR count). The number of benzene rings is 2. The lowest BCUT2D eigenvalue weighted by molar-refractivity contribution is -0.142. The molecule has 0 saturated heterocycles. The van der Waals surface area contributed by atoms with E-state index in [9.17, 15) is 9.59 Å². The minimum atomic E-state index is -0.931. The third kappa shape index (κ3) is 4.81. The number of amides is 2. The lowest BCUT2D eigenvalue weighted by atomic mass is 10.2. The van der Waals surface area contributed by atoms with E-state index in [4.69, 9.17) is 25.1 Å². The van der Waals surface area contributed by atoms with Crippen molar-refractivity contribution < 1.29 is 28.9 Å². The number of carbonyl (C=O) groups excluding carboxylic acids is 1. The summed E-state index contributed by atoms with van der Waals surface area (Å²) in [5.41, 5.74) is 6.58. The maximum absolute atomic E-state index is 12.0. The van der Waals surface area contributed by atoms with Gasteiger partial charge < -0.3 is 25.1 Å². The van der Waals surface area contributed by atoms with Crippen LogP contribution in [-0.4, -0.2) is 37.9 Å². The van der Waals surface area contributed by atoms with Crippen molar-refractivity contribution in [1.82, 2.24) is 0 Å². The average molecular weight is 374 g/mol. The number of carbonyl (C=O) groups is 2. The quantitative estimate of drug-likeness (QED) is 0.735. The van der Waals surface area contributed by atoms with Crippen LogP contribution >= 0.6 is 0 Å². The van der Waals surface area contributed by atoms with E-state index < -0.39 is 17.9 Å². The van der Waals surface area contributed by atoms with E-state index in [1.54, 1.807) is 49.4 Å². The van der Waals surface area contributed by atoms with Crippen LogP contribution in [0.2, 0.25) is 0 Å². The molecule has 0 aromatic heterocycles. The Morgan fingerprint density at radius 1 is 1.04 bits per heavy atom. The molecule has 0 aliphatic rings. The van der Waals surface area contributed by atoms with Gasteiger partial charge in [0.05, 0.1) is 31.5 Å². The predicted molar refractivity (Wildman–Crippen MR) is 100 cm³/mol. The molecule has 0 heterocycles. The zero-order valence-corrected chi connectivity index (χ0v) is 15.3. The number of carboxylic acid groups (broad SMARTS) is 1. The molecule has 3 N–H and O–H groups in total. The first-order valence-corrected chi connectivity index (χ1v) is 8.14. The number of urea groups is 1. The van der Waals surface area contributed by atoms with Gasteiger partial charge in [-0.15, -0.1) is 0 Å². The molecule has 144 valence electrons. The highest BCUT2D eigenvalue weighted by molar-refractivity contribution is 5.98. The second-order valence-corrected chi connectivity index (χ2v) is 5.76. The highest BCUT2D eigenvalue weighted by Gasteiger charge is 2.18. The second-order valence-electron chi connectivity index (χ2n) is 5.76. The number of carboxylic acids is 1. The molecule has 2 aromatic rings. The summed E-state index contributed by atoms with van der Waals surface area (Å²) in [6.07, 6.45) is 0. The first kappa shape index (κ1) is 19.9. The fourth-order valence-electron chi connectivity index (χ4n) is 2.35. The number of hydrogen-bond acceptors (Lipinski definition) is 5. The average Bonchev–Trinajstić information content (AvgIpc) is 2.66. The van der Waals surface area contributed by atoms with E-state index in [0.29, 0.717) is 28.6 Å². The Kier molecular flexibility index (Phi) is 6.48. The van der Waals surface area contributed by atoms with Gasteiger partial charge >= 0.3 is 12.0 Å². The number of methoxy groups -OCH3 is 2. The molecule has 0 aliphatic heterocycles. The SMILES string of the molecule is COc1ccc(N(C(N)=O)c2ccc(OCC(C)C(=O)O)cc2)cc1OC. The summed E-state index contributed by atoms with van der Waals surface area (Å²) in [6, 6.07) is 10.9. The molecule has 2 amide bonds. The lowest BCUT2D eigenvalue weighted by Gasteiger charge is -2.22. The molecule has 8 heteroatoms. The van der Waals surface area contributed by atoms with Crippen LogP contribution in [0.4, 0.5) is 16.2 Å². The molecule has 0 fully saturated rings. The van der Waals surface area contributed by atoms with E-state index in [1.165, 1.54) is 19.1 Å². The van der Waals surface area contributed by atoms with Gasteiger partial charge in [0.1, 0.15) is 12.4 Å². The Balaban J connectivity index is 2.24. The number of anilines is 2. The van der Waals surface area contributed by atoms with Crippen LogP contribution < -0.4 is 24.8 Å². The van der Waals surface area contributed by atoms with Crippen molar-refractivity contribution in [2.75, 3.05) is 25.7 Å². The van der Waals surface area contributed by atoms with Crippen LogP contribution in [0, 0.1) is 5.92 Å². The Morgan fingerprint density at radius 3 is 2.15 bits per heavy atom. The van der Waals surface area contributed by atoms with Crippen molar-refractivity contribution in [3.05, 3.63) is 42.5 Å². The number of aliphatic carboxylic acids is 1. The molecule has 0 radical (unpaired) electrons. The van der Waals surface area contributed by atoms with E-state index in [-0.39, 0.29) is 6.61 Å². The summed E-state index contributed by atoms with van der Waals surface area (Å²) in [6.45, 7) is 1.60. The van der Waals surface area contributed by atoms with E-state index in [1.807, 2.05) is 0 Å². The van der Waals surface area contributed by atoms with Crippen molar-refractivity contribution in [2.24, 2.45) is 11.7 Å². The summed E-state index contributed by atoms with van der Waals surface area (Å²) in [5.74, 6) is -0.0760. The molecule has 0 spiro atoms. The molecular formula is C19H22N2O6. The fourth-order valence-corrected chi connectivity index (χ4v) is 2.35. The van der Waals surface area contributed by atoms with E-state index >= 15 is 0 Å². The lowest BCUT2D eigenvalue weighted by Crippen LogP contribution is -2.31. The number of hydrogen-bond donors (Lipinski definition) is 2. The summed E-state index contributed by atoms with van der Waals surface area (Å²) in [4.78, 5) is 24.2. The van der Waals surface area contributed by atoms with E-state index in [2.05, 4.69) is 0 Å². The van der Waals surface area contributed by atoms with Crippen LogP contribution in [0.15, 0.2) is 42.5 Å². The Labute approximate surface area is 157 Å². The molecule has 1 atom stereocenters. The summed E-state index contributed by atoms with van der Waals surface area (Å²) in [5, 5.41) is 8.89. The zero-order chi connectivity index (χ0) is 20.0. The van der Waals surface area contributed by atoms with Crippen molar-refractivity contribution in [1.29, 1.82) is 0 Å². The van der Waals surface area contributed by atoms with Crippen molar-refractivity contribution >= 4 is 23.4 Å². The van der Waals surface area contributed by atoms with Gasteiger partial charge in [-0.05, 0) is 43.3 Å². The molecule has 0 aliphatic carbocycles. The topological polar surface area (TPSA) is 111 Å². The van der Waals surface area contributed by atoms with Crippen LogP contribution in [0.5, 0.6) is 17.2 Å². The summed E-state index contributed by atoms with van der Waals surface area (Å²) >= 11 is 0. The molecule has 27 heavy (non-hydrogen) atoms. The van der Waals surface area contributed by atoms with E-state index in [0.717, 1.165) is 0 Å². The third-order valence-electron chi connectivity index (χ3n) is 3.86. The van der Waals surface area contributed by atoms with Crippen molar-refractivity contribution in [2.45, 2.75) is 6.92 Å². The Morgan fingerprint density at radius 2 is 1.63 bits per heavy atom. The highest BCUT2D eigenvalue weighted by atomic mass is 16.5. The van der Waals surface area contributed by atoms with Crippen LogP contribution in [0.1, 0.15) is 6.92 Å². The minimum absolute atomic E-state index is 0.0455. The van der Waals surface area contributed by atoms with Gasteiger partial charge in [-0.3, -0.25) is 9.69 Å². The second kappa shape index (κ2) is 8.79. The summed E-state index contributed by atoms with van der Waals surface area (Å²) in [7, 11) is 3.02. The number of ether oxygens (including phenoxy) is 3. The monoisotopic (exact) mass is 374 g/mol. The number of rotatable bonds is 8. The van der Waals surface area contributed by atoms with Gasteiger partial charge in [0.2, 0.25) is 0 Å². The van der Waals surface area contributed by atoms with Crippen LogP contribution in [0.3, 0.4) is 0 Å². The normalized spacial score (nSPS) is 11.4. The Bertz CT molecular complexity index is 806. The number of nitrogens with zero attached hydrogens (tertiary/aromatic N) is 1. The van der Waals surface area contributed by atoms with Gasteiger partial charge in [0.15, 0.2) is 11.5 Å². The maximum atomic E-state index is 12.0. The molecule has 0 bridgehead atoms. The molecule has 2 aromatic carbocycles. The van der Waals surface area contributed by atoms with Crippen LogP contribution in [0.25, 0.3) is 0 Å². The van der Waals surface area contributed by atoms with Gasteiger partial charge in [-0.1, -0.05) is 0 Å². The molecule has 0 saturated carbocycles. The molecule has 1 unspecified atom stereocenters. The van der Waals surface area contributed by atoms with Crippen LogP contribution in [-0.2, 0) is 4.79 Å². The summed E-state index contributed by atoms with van der Waals surface area (Å²) < 4.78 is 15.9. The molecule has 8 nitrogen and oxygen atoms in total. The predicted octanol–water partition coefficient (Wildman–Crippen LogP) is 3.02. The standard InChI is InChI=1S/C19H22N2O6/c1-12(18(22)23)11-27-15-7-4-13(5-8-15)21(19(20)24)14-6-9-16(25-2)17(10-14)26-3/h4-10,12H,11H2,1-3H3,(H2,20,24)(H,22,23). The van der Waals surface area contributed by atoms with Gasteiger partial charge in [0, 0.05) is 6.07 Å². The largest absolute Gasteiger partial charge is 0.493 e. The Hall–Kier alpha value is -3.42. The number of primary amides is 1.